The molecule has 2 rings (SSSR count). The molecule has 1 aromatic heterocycles. The van der Waals surface area contributed by atoms with Crippen LogP contribution in [0.1, 0.15) is 39.0 Å². The van der Waals surface area contributed by atoms with Crippen molar-refractivity contribution < 1.29 is 9.84 Å². The number of nitrogens with two attached hydrogens (primary N) is 1. The number of nitrogen functional groups attached to an aromatic ring is 1. The van der Waals surface area contributed by atoms with E-state index in [0.717, 1.165) is 25.7 Å². The Kier molecular flexibility index (Phi) is 4.42. The maximum Gasteiger partial charge on any atom is 0.242 e. The van der Waals surface area contributed by atoms with Crippen LogP contribution in [0.3, 0.4) is 0 Å². The summed E-state index contributed by atoms with van der Waals surface area (Å²) in [5, 5.41) is 13.5. The summed E-state index contributed by atoms with van der Waals surface area (Å²) in [7, 11) is 0. The van der Waals surface area contributed by atoms with Gasteiger partial charge in [0, 0.05) is 6.54 Å². The molecule has 1 fully saturated rings. The second kappa shape index (κ2) is 6.06. The molecule has 0 atom stereocenters. The van der Waals surface area contributed by atoms with E-state index in [9.17, 15) is 5.11 Å². The molecule has 0 aliphatic heterocycles. The van der Waals surface area contributed by atoms with Gasteiger partial charge in [0.25, 0.3) is 0 Å². The number of aliphatic hydroxyl groups is 1. The molecule has 0 spiro atoms. The lowest BCUT2D eigenvalue weighted by Crippen LogP contribution is -2.39. The third kappa shape index (κ3) is 3.47. The first-order valence-corrected chi connectivity index (χ1v) is 6.84. The molecule has 1 aliphatic rings. The van der Waals surface area contributed by atoms with Gasteiger partial charge in [-0.1, -0.05) is 19.3 Å². The van der Waals surface area contributed by atoms with Crippen LogP contribution in [0.4, 0.5) is 11.5 Å². The molecule has 19 heavy (non-hydrogen) atoms. The predicted octanol–water partition coefficient (Wildman–Crippen LogP) is 1.56. The first-order chi connectivity index (χ1) is 9.14. The van der Waals surface area contributed by atoms with Gasteiger partial charge in [-0.25, -0.2) is 4.98 Å². The second-order valence-corrected chi connectivity index (χ2v) is 5.01. The van der Waals surface area contributed by atoms with Gasteiger partial charge >= 0.3 is 0 Å². The molecule has 0 amide bonds. The minimum atomic E-state index is -0.651. The van der Waals surface area contributed by atoms with E-state index >= 15 is 0 Å². The lowest BCUT2D eigenvalue weighted by molar-refractivity contribution is 0.0166. The molecule has 1 saturated carbocycles. The fourth-order valence-electron chi connectivity index (χ4n) is 2.41. The number of nitrogens with one attached hydrogen (secondary N) is 1. The molecule has 0 unspecified atom stereocenters. The maximum atomic E-state index is 10.4. The van der Waals surface area contributed by atoms with E-state index < -0.39 is 5.60 Å². The molecule has 0 saturated heterocycles. The summed E-state index contributed by atoms with van der Waals surface area (Å²) in [6.45, 7) is 2.84. The number of nitrogens with zero attached hydrogens (tertiary/aromatic N) is 2. The molecule has 1 aliphatic carbocycles. The van der Waals surface area contributed by atoms with Gasteiger partial charge in [0.05, 0.1) is 12.2 Å². The Bertz CT molecular complexity index is 419. The molecule has 1 heterocycles. The topological polar surface area (TPSA) is 93.3 Å². The molecular formula is C13H22N4O2. The molecular weight excluding hydrogens is 244 g/mol. The van der Waals surface area contributed by atoms with Crippen LogP contribution < -0.4 is 15.8 Å². The van der Waals surface area contributed by atoms with Crippen molar-refractivity contribution >= 4 is 11.5 Å². The van der Waals surface area contributed by atoms with E-state index in [0.29, 0.717) is 30.5 Å². The number of rotatable bonds is 5. The number of ether oxygens (including phenoxy) is 1. The Labute approximate surface area is 113 Å². The highest BCUT2D eigenvalue weighted by molar-refractivity contribution is 5.66. The Morgan fingerprint density at radius 1 is 1.37 bits per heavy atom. The summed E-state index contributed by atoms with van der Waals surface area (Å²) in [5.74, 6) is 0.910. The van der Waals surface area contributed by atoms with Crippen molar-refractivity contribution in [3.05, 3.63) is 6.33 Å². The van der Waals surface area contributed by atoms with Gasteiger partial charge in [-0.05, 0) is 19.8 Å². The van der Waals surface area contributed by atoms with Crippen LogP contribution in [0.25, 0.3) is 0 Å². The van der Waals surface area contributed by atoms with Crippen LogP contribution in [0, 0.1) is 0 Å². The van der Waals surface area contributed by atoms with Crippen molar-refractivity contribution in [1.29, 1.82) is 0 Å². The van der Waals surface area contributed by atoms with Crippen molar-refractivity contribution in [2.75, 3.05) is 24.2 Å². The fraction of sp³-hybridized carbons (Fsp3) is 0.692. The summed E-state index contributed by atoms with van der Waals surface area (Å²) in [6, 6.07) is 0. The van der Waals surface area contributed by atoms with Crippen LogP contribution in [-0.4, -0.2) is 33.8 Å². The standard InChI is InChI=1S/C13H22N4O2/c1-2-19-12-10(14)11(16-9-17-12)15-8-13(18)6-4-3-5-7-13/h9,18H,2-8,14H2,1H3,(H,15,16,17). The zero-order valence-corrected chi connectivity index (χ0v) is 11.4. The first kappa shape index (κ1) is 13.9. The Morgan fingerprint density at radius 3 is 2.79 bits per heavy atom. The molecule has 4 N–H and O–H groups in total. The van der Waals surface area contributed by atoms with Gasteiger partial charge in [0.2, 0.25) is 5.88 Å². The van der Waals surface area contributed by atoms with Gasteiger partial charge in [0.15, 0.2) is 5.82 Å². The maximum absolute atomic E-state index is 10.4. The quantitative estimate of drug-likeness (QED) is 0.749. The van der Waals surface area contributed by atoms with E-state index in [1.807, 2.05) is 6.92 Å². The van der Waals surface area contributed by atoms with Gasteiger partial charge in [0.1, 0.15) is 12.0 Å². The number of anilines is 2. The van der Waals surface area contributed by atoms with E-state index in [-0.39, 0.29) is 0 Å². The molecule has 106 valence electrons. The molecule has 0 bridgehead atoms. The summed E-state index contributed by atoms with van der Waals surface area (Å²) >= 11 is 0. The van der Waals surface area contributed by atoms with E-state index in [2.05, 4.69) is 15.3 Å². The predicted molar refractivity (Wildman–Crippen MR) is 74.1 cm³/mol. The lowest BCUT2D eigenvalue weighted by Gasteiger charge is -2.32. The van der Waals surface area contributed by atoms with Crippen LogP contribution >= 0.6 is 0 Å². The highest BCUT2D eigenvalue weighted by atomic mass is 16.5. The SMILES string of the molecule is CCOc1ncnc(NCC2(O)CCCCC2)c1N. The second-order valence-electron chi connectivity index (χ2n) is 5.01. The third-order valence-corrected chi connectivity index (χ3v) is 3.50. The Morgan fingerprint density at radius 2 is 2.11 bits per heavy atom. The monoisotopic (exact) mass is 266 g/mol. The molecule has 6 nitrogen and oxygen atoms in total. The fourth-order valence-corrected chi connectivity index (χ4v) is 2.41. The van der Waals surface area contributed by atoms with Gasteiger partial charge in [-0.15, -0.1) is 0 Å². The smallest absolute Gasteiger partial charge is 0.242 e. The van der Waals surface area contributed by atoms with Gasteiger partial charge < -0.3 is 20.9 Å². The van der Waals surface area contributed by atoms with Gasteiger partial charge in [-0.2, -0.15) is 4.98 Å². The minimum absolute atomic E-state index is 0.385. The van der Waals surface area contributed by atoms with E-state index in [4.69, 9.17) is 10.5 Å². The van der Waals surface area contributed by atoms with Crippen LogP contribution in [0.15, 0.2) is 6.33 Å². The highest BCUT2D eigenvalue weighted by Crippen LogP contribution is 2.30. The molecule has 0 radical (unpaired) electrons. The number of hydrogen-bond acceptors (Lipinski definition) is 6. The summed E-state index contributed by atoms with van der Waals surface area (Å²) in [6.07, 6.45) is 6.40. The van der Waals surface area contributed by atoms with Crippen LogP contribution in [0.2, 0.25) is 0 Å². The van der Waals surface area contributed by atoms with Crippen LogP contribution in [-0.2, 0) is 0 Å². The summed E-state index contributed by atoms with van der Waals surface area (Å²) in [4.78, 5) is 8.08. The van der Waals surface area contributed by atoms with Gasteiger partial charge in [-0.3, -0.25) is 0 Å². The van der Waals surface area contributed by atoms with Crippen molar-refractivity contribution in [1.82, 2.24) is 9.97 Å². The average Bonchev–Trinajstić information content (AvgIpc) is 2.41. The average molecular weight is 266 g/mol. The van der Waals surface area contributed by atoms with Crippen molar-refractivity contribution in [2.24, 2.45) is 0 Å². The number of aromatic nitrogens is 2. The van der Waals surface area contributed by atoms with E-state index in [1.165, 1.54) is 12.7 Å². The van der Waals surface area contributed by atoms with E-state index in [1.54, 1.807) is 0 Å². The summed E-state index contributed by atoms with van der Waals surface area (Å²) in [5.41, 5.74) is 5.68. The third-order valence-electron chi connectivity index (χ3n) is 3.50. The first-order valence-electron chi connectivity index (χ1n) is 6.84. The zero-order valence-electron chi connectivity index (χ0n) is 11.4. The number of hydrogen-bond donors (Lipinski definition) is 3. The van der Waals surface area contributed by atoms with Crippen molar-refractivity contribution in [2.45, 2.75) is 44.6 Å². The Balaban J connectivity index is 2.00. The summed E-state index contributed by atoms with van der Waals surface area (Å²) < 4.78 is 5.32. The highest BCUT2D eigenvalue weighted by Gasteiger charge is 2.29. The molecule has 0 aromatic carbocycles. The van der Waals surface area contributed by atoms with Crippen molar-refractivity contribution in [3.63, 3.8) is 0 Å². The molecule has 1 aromatic rings. The molecule has 6 heteroatoms. The Hall–Kier alpha value is -1.56. The van der Waals surface area contributed by atoms with Crippen LogP contribution in [0.5, 0.6) is 5.88 Å². The lowest BCUT2D eigenvalue weighted by atomic mass is 9.85. The largest absolute Gasteiger partial charge is 0.476 e. The van der Waals surface area contributed by atoms with Crippen molar-refractivity contribution in [3.8, 4) is 5.88 Å². The zero-order chi connectivity index (χ0) is 13.7. The minimum Gasteiger partial charge on any atom is -0.476 e. The normalized spacial score (nSPS) is 18.0.